The maximum absolute atomic E-state index is 12.7. The molecule has 0 bridgehead atoms. The van der Waals surface area contributed by atoms with Gasteiger partial charge in [-0.05, 0) is 35.4 Å². The monoisotopic (exact) mass is 445 g/mol. The molecule has 1 heterocycles. The van der Waals surface area contributed by atoms with Gasteiger partial charge in [-0.2, -0.15) is 11.8 Å². The number of carbonyl (C=O) groups excluding carboxylic acids is 1. The Bertz CT molecular complexity index is 1330. The summed E-state index contributed by atoms with van der Waals surface area (Å²) < 4.78 is 1.17. The summed E-state index contributed by atoms with van der Waals surface area (Å²) in [6, 6.07) is 24.1. The standard InChI is InChI=1S/C25H23N3O3S/c29-23(26-14-15-32-17-19-6-2-1-3-7-19)20-12-10-18(11-13-20)16-28-24(30)21-8-4-5-9-22(21)27-25(28)31/h1-13H,14-17H2,(H,26,29)(H,27,31). The highest BCUT2D eigenvalue weighted by molar-refractivity contribution is 7.98. The number of hydrogen-bond donors (Lipinski definition) is 2. The summed E-state index contributed by atoms with van der Waals surface area (Å²) in [4.78, 5) is 40.1. The first-order chi connectivity index (χ1) is 15.6. The van der Waals surface area contributed by atoms with Gasteiger partial charge in [0.05, 0.1) is 17.4 Å². The van der Waals surface area contributed by atoms with Crippen molar-refractivity contribution >= 4 is 28.6 Å². The fourth-order valence-corrected chi connectivity index (χ4v) is 4.21. The van der Waals surface area contributed by atoms with Crippen LogP contribution in [0.25, 0.3) is 10.9 Å². The number of fused-ring (bicyclic) bond motifs is 1. The number of benzene rings is 3. The fourth-order valence-electron chi connectivity index (χ4n) is 3.39. The van der Waals surface area contributed by atoms with Crippen LogP contribution < -0.4 is 16.6 Å². The third-order valence-electron chi connectivity index (χ3n) is 5.09. The predicted octanol–water partition coefficient (Wildman–Crippen LogP) is 3.40. The number of nitrogens with zero attached hydrogens (tertiary/aromatic N) is 1. The number of H-pyrrole nitrogens is 1. The maximum atomic E-state index is 12.7. The minimum absolute atomic E-state index is 0.136. The molecule has 0 aliphatic carbocycles. The van der Waals surface area contributed by atoms with Crippen LogP contribution in [0.1, 0.15) is 21.5 Å². The van der Waals surface area contributed by atoms with Crippen LogP contribution in [0.4, 0.5) is 0 Å². The molecule has 7 heteroatoms. The molecule has 1 amide bonds. The summed E-state index contributed by atoms with van der Waals surface area (Å²) in [6.45, 7) is 0.719. The molecule has 2 N–H and O–H groups in total. The summed E-state index contributed by atoms with van der Waals surface area (Å²) in [5.41, 5.74) is 2.31. The molecule has 0 radical (unpaired) electrons. The lowest BCUT2D eigenvalue weighted by molar-refractivity contribution is 0.0956. The van der Waals surface area contributed by atoms with E-state index in [0.717, 1.165) is 17.1 Å². The molecular formula is C25H23N3O3S. The molecule has 0 unspecified atom stereocenters. The van der Waals surface area contributed by atoms with E-state index in [-0.39, 0.29) is 18.0 Å². The van der Waals surface area contributed by atoms with Crippen molar-refractivity contribution in [3.8, 4) is 0 Å². The Morgan fingerprint density at radius 2 is 1.59 bits per heavy atom. The van der Waals surface area contributed by atoms with Crippen LogP contribution in [0.2, 0.25) is 0 Å². The molecule has 1 aromatic heterocycles. The van der Waals surface area contributed by atoms with Gasteiger partial charge in [0.25, 0.3) is 11.5 Å². The van der Waals surface area contributed by atoms with Gasteiger partial charge in [0.2, 0.25) is 0 Å². The number of carbonyl (C=O) groups is 1. The quantitative estimate of drug-likeness (QED) is 0.407. The maximum Gasteiger partial charge on any atom is 0.329 e. The molecule has 3 aromatic carbocycles. The second-order valence-electron chi connectivity index (χ2n) is 7.36. The van der Waals surface area contributed by atoms with Crippen LogP contribution in [0.5, 0.6) is 0 Å². The number of aromatic nitrogens is 2. The number of nitrogens with one attached hydrogen (secondary N) is 2. The zero-order chi connectivity index (χ0) is 22.3. The van der Waals surface area contributed by atoms with E-state index in [1.165, 1.54) is 10.1 Å². The third kappa shape index (κ3) is 5.18. The van der Waals surface area contributed by atoms with Crippen LogP contribution >= 0.6 is 11.8 Å². The molecule has 0 atom stereocenters. The van der Waals surface area contributed by atoms with Gasteiger partial charge in [0, 0.05) is 23.6 Å². The molecular weight excluding hydrogens is 422 g/mol. The van der Waals surface area contributed by atoms with E-state index in [1.807, 2.05) is 18.2 Å². The Labute approximate surface area is 189 Å². The van der Waals surface area contributed by atoms with Crippen molar-refractivity contribution in [2.45, 2.75) is 12.3 Å². The van der Waals surface area contributed by atoms with E-state index in [9.17, 15) is 14.4 Å². The molecule has 0 saturated carbocycles. The van der Waals surface area contributed by atoms with Crippen LogP contribution in [-0.4, -0.2) is 27.8 Å². The van der Waals surface area contributed by atoms with Gasteiger partial charge >= 0.3 is 5.69 Å². The molecule has 4 aromatic rings. The molecule has 6 nitrogen and oxygen atoms in total. The van der Waals surface area contributed by atoms with E-state index >= 15 is 0 Å². The normalized spacial score (nSPS) is 10.9. The number of thioether (sulfide) groups is 1. The zero-order valence-electron chi connectivity index (χ0n) is 17.4. The minimum atomic E-state index is -0.455. The highest BCUT2D eigenvalue weighted by atomic mass is 32.2. The number of rotatable bonds is 8. The van der Waals surface area contributed by atoms with Crippen molar-refractivity contribution < 1.29 is 4.79 Å². The number of hydrogen-bond acceptors (Lipinski definition) is 4. The van der Waals surface area contributed by atoms with Gasteiger partial charge in [-0.1, -0.05) is 54.6 Å². The Balaban J connectivity index is 1.33. The number of para-hydroxylation sites is 1. The summed E-state index contributed by atoms with van der Waals surface area (Å²) in [7, 11) is 0. The molecule has 162 valence electrons. The van der Waals surface area contributed by atoms with E-state index in [0.29, 0.717) is 23.0 Å². The Hall–Kier alpha value is -3.58. The van der Waals surface area contributed by atoms with E-state index in [2.05, 4.69) is 22.4 Å². The van der Waals surface area contributed by atoms with Crippen molar-refractivity contribution in [1.29, 1.82) is 0 Å². The Morgan fingerprint density at radius 1 is 0.875 bits per heavy atom. The topological polar surface area (TPSA) is 84.0 Å². The molecule has 0 fully saturated rings. The van der Waals surface area contributed by atoms with Crippen molar-refractivity contribution in [2.24, 2.45) is 0 Å². The minimum Gasteiger partial charge on any atom is -0.351 e. The van der Waals surface area contributed by atoms with Crippen molar-refractivity contribution in [1.82, 2.24) is 14.9 Å². The van der Waals surface area contributed by atoms with E-state index in [4.69, 9.17) is 0 Å². The van der Waals surface area contributed by atoms with Crippen LogP contribution in [0.15, 0.2) is 88.5 Å². The largest absolute Gasteiger partial charge is 0.351 e. The lowest BCUT2D eigenvalue weighted by atomic mass is 10.1. The molecule has 32 heavy (non-hydrogen) atoms. The molecule has 0 aliphatic heterocycles. The van der Waals surface area contributed by atoms with Gasteiger partial charge < -0.3 is 10.3 Å². The van der Waals surface area contributed by atoms with Crippen molar-refractivity contribution in [3.05, 3.63) is 116 Å². The van der Waals surface area contributed by atoms with Gasteiger partial charge in [-0.15, -0.1) is 0 Å². The van der Waals surface area contributed by atoms with Gasteiger partial charge in [0.15, 0.2) is 0 Å². The van der Waals surface area contributed by atoms with Crippen LogP contribution in [-0.2, 0) is 12.3 Å². The summed E-state index contributed by atoms with van der Waals surface area (Å²) >= 11 is 1.77. The van der Waals surface area contributed by atoms with Gasteiger partial charge in [-0.25, -0.2) is 4.79 Å². The van der Waals surface area contributed by atoms with E-state index < -0.39 is 5.69 Å². The van der Waals surface area contributed by atoms with E-state index in [1.54, 1.807) is 60.3 Å². The average Bonchev–Trinajstić information content (AvgIpc) is 2.82. The van der Waals surface area contributed by atoms with Crippen molar-refractivity contribution in [2.75, 3.05) is 12.3 Å². The first-order valence-corrected chi connectivity index (χ1v) is 11.5. The Morgan fingerprint density at radius 3 is 2.38 bits per heavy atom. The van der Waals surface area contributed by atoms with Gasteiger partial charge in [-0.3, -0.25) is 14.2 Å². The van der Waals surface area contributed by atoms with Crippen LogP contribution in [0.3, 0.4) is 0 Å². The molecule has 0 spiro atoms. The SMILES string of the molecule is O=C(NCCSCc1ccccc1)c1ccc(Cn2c(=O)[nH]c3ccccc3c2=O)cc1. The summed E-state index contributed by atoms with van der Waals surface area (Å²) in [6.07, 6.45) is 0. The highest BCUT2D eigenvalue weighted by Gasteiger charge is 2.09. The molecule has 4 rings (SSSR count). The summed E-state index contributed by atoms with van der Waals surface area (Å²) in [5.74, 6) is 1.60. The second-order valence-corrected chi connectivity index (χ2v) is 8.46. The third-order valence-corrected chi connectivity index (χ3v) is 6.12. The summed E-state index contributed by atoms with van der Waals surface area (Å²) in [5, 5.41) is 3.39. The Kier molecular flexibility index (Phi) is 6.87. The van der Waals surface area contributed by atoms with Crippen molar-refractivity contribution in [3.63, 3.8) is 0 Å². The van der Waals surface area contributed by atoms with Crippen LogP contribution in [0, 0.1) is 0 Å². The lowest BCUT2D eigenvalue weighted by Gasteiger charge is -2.08. The zero-order valence-corrected chi connectivity index (χ0v) is 18.2. The lowest BCUT2D eigenvalue weighted by Crippen LogP contribution is -2.35. The first kappa shape index (κ1) is 21.6. The molecule has 0 aliphatic rings. The van der Waals surface area contributed by atoms with Gasteiger partial charge in [0.1, 0.15) is 0 Å². The molecule has 0 saturated heterocycles. The number of amides is 1. The number of aromatic amines is 1. The predicted molar refractivity (Wildman–Crippen MR) is 129 cm³/mol. The fraction of sp³-hybridized carbons (Fsp3) is 0.160. The average molecular weight is 446 g/mol. The first-order valence-electron chi connectivity index (χ1n) is 10.3. The second kappa shape index (κ2) is 10.2. The highest BCUT2D eigenvalue weighted by Crippen LogP contribution is 2.11. The smallest absolute Gasteiger partial charge is 0.329 e.